The van der Waals surface area contributed by atoms with Crippen LogP contribution >= 0.6 is 11.6 Å². The van der Waals surface area contributed by atoms with Gasteiger partial charge in [0.1, 0.15) is 11.6 Å². The SMILES string of the molecule is O=S(=O)(c1ccc(F)cc1)N(Cc1ccc(Cl)cc1)c1cccc(F)c1. The van der Waals surface area contributed by atoms with Crippen molar-refractivity contribution in [3.8, 4) is 0 Å². The smallest absolute Gasteiger partial charge is 0.262 e. The summed E-state index contributed by atoms with van der Waals surface area (Å²) in [4.78, 5) is -0.0860. The summed E-state index contributed by atoms with van der Waals surface area (Å²) < 4.78 is 54.1. The molecule has 0 radical (unpaired) electrons. The van der Waals surface area contributed by atoms with E-state index in [9.17, 15) is 17.2 Å². The summed E-state index contributed by atoms with van der Waals surface area (Å²) in [5.74, 6) is -1.10. The van der Waals surface area contributed by atoms with Crippen molar-refractivity contribution in [3.63, 3.8) is 0 Å². The molecule has 0 aliphatic carbocycles. The average Bonchev–Trinajstić information content (AvgIpc) is 2.61. The van der Waals surface area contributed by atoms with E-state index in [1.54, 1.807) is 24.3 Å². The van der Waals surface area contributed by atoms with Gasteiger partial charge in [0.25, 0.3) is 10.0 Å². The van der Waals surface area contributed by atoms with Gasteiger partial charge < -0.3 is 0 Å². The average molecular weight is 394 g/mol. The minimum atomic E-state index is -4.03. The number of hydrogen-bond acceptors (Lipinski definition) is 2. The van der Waals surface area contributed by atoms with Crippen LogP contribution in [0.5, 0.6) is 0 Å². The van der Waals surface area contributed by atoms with Gasteiger partial charge in [0.05, 0.1) is 17.1 Å². The predicted octanol–water partition coefficient (Wildman–Crippen LogP) is 5.01. The molecule has 0 unspecified atom stereocenters. The van der Waals surface area contributed by atoms with Crippen molar-refractivity contribution in [3.05, 3.63) is 95.0 Å². The number of anilines is 1. The van der Waals surface area contributed by atoms with E-state index in [4.69, 9.17) is 11.6 Å². The second kappa shape index (κ2) is 7.43. The quantitative estimate of drug-likeness (QED) is 0.610. The monoisotopic (exact) mass is 393 g/mol. The van der Waals surface area contributed by atoms with E-state index in [2.05, 4.69) is 0 Å². The third kappa shape index (κ3) is 4.03. The van der Waals surface area contributed by atoms with Gasteiger partial charge in [-0.1, -0.05) is 29.8 Å². The molecule has 0 N–H and O–H groups in total. The summed E-state index contributed by atoms with van der Waals surface area (Å²) >= 11 is 5.87. The maximum absolute atomic E-state index is 13.7. The lowest BCUT2D eigenvalue weighted by Crippen LogP contribution is -2.30. The number of sulfonamides is 1. The Morgan fingerprint density at radius 1 is 0.846 bits per heavy atom. The summed E-state index contributed by atoms with van der Waals surface area (Å²) in [6, 6.07) is 16.5. The van der Waals surface area contributed by atoms with Crippen molar-refractivity contribution in [1.82, 2.24) is 0 Å². The van der Waals surface area contributed by atoms with Crippen LogP contribution in [0.4, 0.5) is 14.5 Å². The van der Waals surface area contributed by atoms with Crippen molar-refractivity contribution in [2.45, 2.75) is 11.4 Å². The lowest BCUT2D eigenvalue weighted by atomic mass is 10.2. The second-order valence-corrected chi connectivity index (χ2v) is 7.87. The van der Waals surface area contributed by atoms with Gasteiger partial charge in [-0.15, -0.1) is 0 Å². The van der Waals surface area contributed by atoms with Gasteiger partial charge >= 0.3 is 0 Å². The Hall–Kier alpha value is -2.44. The van der Waals surface area contributed by atoms with E-state index < -0.39 is 21.7 Å². The van der Waals surface area contributed by atoms with Crippen LogP contribution in [0.1, 0.15) is 5.56 Å². The maximum Gasteiger partial charge on any atom is 0.264 e. The first kappa shape index (κ1) is 18.4. The molecule has 3 aromatic carbocycles. The van der Waals surface area contributed by atoms with Gasteiger partial charge in [-0.25, -0.2) is 17.2 Å². The van der Waals surface area contributed by atoms with Crippen LogP contribution in [0.3, 0.4) is 0 Å². The van der Waals surface area contributed by atoms with Gasteiger partial charge in [0, 0.05) is 5.02 Å². The van der Waals surface area contributed by atoms with Crippen molar-refractivity contribution in [1.29, 1.82) is 0 Å². The summed E-state index contributed by atoms with van der Waals surface area (Å²) in [7, 11) is -4.03. The van der Waals surface area contributed by atoms with Crippen LogP contribution in [0.15, 0.2) is 77.7 Å². The van der Waals surface area contributed by atoms with E-state index in [0.29, 0.717) is 10.6 Å². The Morgan fingerprint density at radius 3 is 2.12 bits per heavy atom. The minimum absolute atomic E-state index is 0.0274. The standard InChI is InChI=1S/C19H14ClF2NO2S/c20-15-6-4-14(5-7-15)13-23(18-3-1-2-17(22)12-18)26(24,25)19-10-8-16(21)9-11-19/h1-12H,13H2. The van der Waals surface area contributed by atoms with E-state index >= 15 is 0 Å². The first-order valence-electron chi connectivity index (χ1n) is 7.64. The van der Waals surface area contributed by atoms with E-state index in [0.717, 1.165) is 22.5 Å². The van der Waals surface area contributed by atoms with E-state index in [1.807, 2.05) is 0 Å². The molecule has 3 nitrogen and oxygen atoms in total. The summed E-state index contributed by atoms with van der Waals surface area (Å²) in [5.41, 5.74) is 0.841. The molecule has 3 rings (SSSR count). The zero-order chi connectivity index (χ0) is 18.7. The second-order valence-electron chi connectivity index (χ2n) is 5.57. The van der Waals surface area contributed by atoms with Gasteiger partial charge in [-0.2, -0.15) is 0 Å². The van der Waals surface area contributed by atoms with Gasteiger partial charge in [0.2, 0.25) is 0 Å². The molecule has 0 aliphatic heterocycles. The minimum Gasteiger partial charge on any atom is -0.262 e. The normalized spacial score (nSPS) is 11.3. The molecule has 0 saturated carbocycles. The highest BCUT2D eigenvalue weighted by Crippen LogP contribution is 2.27. The molecule has 26 heavy (non-hydrogen) atoms. The fraction of sp³-hybridized carbons (Fsp3) is 0.0526. The summed E-state index contributed by atoms with van der Waals surface area (Å²) in [5, 5.41) is 0.521. The molecule has 0 bridgehead atoms. The van der Waals surface area contributed by atoms with Crippen molar-refractivity contribution >= 4 is 27.3 Å². The van der Waals surface area contributed by atoms with Crippen LogP contribution < -0.4 is 4.31 Å². The van der Waals surface area contributed by atoms with Gasteiger partial charge in [0.15, 0.2) is 0 Å². The Kier molecular flexibility index (Phi) is 5.25. The molecule has 0 fully saturated rings. The lowest BCUT2D eigenvalue weighted by molar-refractivity contribution is 0.588. The van der Waals surface area contributed by atoms with E-state index in [-0.39, 0.29) is 17.1 Å². The Labute approximate surface area is 155 Å². The lowest BCUT2D eigenvalue weighted by Gasteiger charge is -2.25. The van der Waals surface area contributed by atoms with Crippen LogP contribution in [-0.4, -0.2) is 8.42 Å². The molecule has 0 saturated heterocycles. The first-order valence-corrected chi connectivity index (χ1v) is 9.46. The number of rotatable bonds is 5. The van der Waals surface area contributed by atoms with E-state index in [1.165, 1.54) is 30.3 Å². The Balaban J connectivity index is 2.07. The fourth-order valence-electron chi connectivity index (χ4n) is 2.44. The number of halogens is 3. The highest BCUT2D eigenvalue weighted by Gasteiger charge is 2.25. The molecule has 0 heterocycles. The zero-order valence-electron chi connectivity index (χ0n) is 13.4. The zero-order valence-corrected chi connectivity index (χ0v) is 15.0. The van der Waals surface area contributed by atoms with Gasteiger partial charge in [-0.05, 0) is 60.2 Å². The highest BCUT2D eigenvalue weighted by atomic mass is 35.5. The summed E-state index contributed by atoms with van der Waals surface area (Å²) in [6.45, 7) is -0.0274. The first-order chi connectivity index (χ1) is 12.4. The van der Waals surface area contributed by atoms with Crippen LogP contribution in [0.25, 0.3) is 0 Å². The van der Waals surface area contributed by atoms with Crippen molar-refractivity contribution in [2.24, 2.45) is 0 Å². The largest absolute Gasteiger partial charge is 0.264 e. The maximum atomic E-state index is 13.7. The Morgan fingerprint density at radius 2 is 1.50 bits per heavy atom. The predicted molar refractivity (Wildman–Crippen MR) is 97.6 cm³/mol. The van der Waals surface area contributed by atoms with Crippen molar-refractivity contribution < 1.29 is 17.2 Å². The fourth-order valence-corrected chi connectivity index (χ4v) is 4.01. The molecule has 0 atom stereocenters. The third-order valence-electron chi connectivity index (χ3n) is 3.74. The molecule has 0 spiro atoms. The molecule has 3 aromatic rings. The molecule has 0 amide bonds. The molecule has 7 heteroatoms. The molecule has 0 aliphatic rings. The third-order valence-corrected chi connectivity index (χ3v) is 5.78. The van der Waals surface area contributed by atoms with Crippen molar-refractivity contribution in [2.75, 3.05) is 4.31 Å². The topological polar surface area (TPSA) is 37.4 Å². The van der Waals surface area contributed by atoms with Gasteiger partial charge in [-0.3, -0.25) is 4.31 Å². The molecular weight excluding hydrogens is 380 g/mol. The van der Waals surface area contributed by atoms with Crippen LogP contribution in [-0.2, 0) is 16.6 Å². The van der Waals surface area contributed by atoms with Crippen LogP contribution in [0, 0.1) is 11.6 Å². The van der Waals surface area contributed by atoms with Crippen LogP contribution in [0.2, 0.25) is 5.02 Å². The molecule has 0 aromatic heterocycles. The number of benzene rings is 3. The number of nitrogens with zero attached hydrogens (tertiary/aromatic N) is 1. The molecular formula is C19H14ClF2NO2S. The summed E-state index contributed by atoms with van der Waals surface area (Å²) in [6.07, 6.45) is 0. The number of hydrogen-bond donors (Lipinski definition) is 0. The highest BCUT2D eigenvalue weighted by molar-refractivity contribution is 7.92. The Bertz CT molecular complexity index is 1010. The molecule has 134 valence electrons.